The average molecular weight is 559 g/mol. The molecule has 2 N–H and O–H groups in total. The average Bonchev–Trinajstić information content (AvgIpc) is 3.36. The summed E-state index contributed by atoms with van der Waals surface area (Å²) in [6.07, 6.45) is 2.24. The number of ether oxygens (including phenoxy) is 3. The standard InChI is InChI=1S/C25H33ClF2N4O6/c1-16(2)20-6-9-29-32(20)25(23(35)30-19-5-4-18(26)12-21(19)38-24(27)28)7-10-31(11-8-25)13-17(22(33)34)14-37-15-36-3/h4-6,9,12,16-17,24H,7-8,10-11,13-15H2,1-3H3,(H,30,35)(H,33,34). The zero-order valence-electron chi connectivity index (χ0n) is 21.5. The van der Waals surface area contributed by atoms with Crippen LogP contribution in [0, 0.1) is 5.92 Å². The molecule has 3 rings (SSSR count). The number of benzene rings is 1. The molecule has 1 aromatic heterocycles. The van der Waals surface area contributed by atoms with Gasteiger partial charge in [-0.25, -0.2) is 0 Å². The van der Waals surface area contributed by atoms with E-state index in [1.807, 2.05) is 24.8 Å². The third-order valence-corrected chi connectivity index (χ3v) is 6.77. The predicted octanol–water partition coefficient (Wildman–Crippen LogP) is 4.01. The van der Waals surface area contributed by atoms with Crippen molar-refractivity contribution >= 4 is 29.2 Å². The van der Waals surface area contributed by atoms with Crippen molar-refractivity contribution in [3.63, 3.8) is 0 Å². The lowest BCUT2D eigenvalue weighted by atomic mass is 9.85. The predicted molar refractivity (Wildman–Crippen MR) is 136 cm³/mol. The maximum Gasteiger partial charge on any atom is 0.387 e. The van der Waals surface area contributed by atoms with Crippen LogP contribution in [0.1, 0.15) is 38.3 Å². The molecule has 0 radical (unpaired) electrons. The van der Waals surface area contributed by atoms with Gasteiger partial charge in [0.25, 0.3) is 5.91 Å². The number of alkyl halides is 2. The Labute approximate surface area is 224 Å². The normalized spacial score (nSPS) is 16.5. The molecule has 1 amide bonds. The zero-order valence-corrected chi connectivity index (χ0v) is 22.3. The van der Waals surface area contributed by atoms with Gasteiger partial charge in [0.1, 0.15) is 12.3 Å². The van der Waals surface area contributed by atoms with Gasteiger partial charge in [-0.1, -0.05) is 25.4 Å². The molecule has 0 bridgehead atoms. The molecule has 13 heteroatoms. The minimum atomic E-state index is -3.10. The molecule has 38 heavy (non-hydrogen) atoms. The summed E-state index contributed by atoms with van der Waals surface area (Å²) in [5.41, 5.74) is -0.252. The van der Waals surface area contributed by atoms with E-state index in [0.29, 0.717) is 25.9 Å². The topological polar surface area (TPSA) is 115 Å². The van der Waals surface area contributed by atoms with Crippen LogP contribution >= 0.6 is 11.6 Å². The van der Waals surface area contributed by atoms with E-state index in [9.17, 15) is 23.5 Å². The Morgan fingerprint density at radius 2 is 1.95 bits per heavy atom. The Hall–Kier alpha value is -2.80. The minimum Gasteiger partial charge on any atom is -0.481 e. The molecule has 1 unspecified atom stereocenters. The number of carbonyl (C=O) groups excluding carboxylic acids is 1. The highest BCUT2D eigenvalue weighted by Crippen LogP contribution is 2.37. The molecule has 1 saturated heterocycles. The summed E-state index contributed by atoms with van der Waals surface area (Å²) in [5.74, 6) is -2.40. The highest BCUT2D eigenvalue weighted by atomic mass is 35.5. The van der Waals surface area contributed by atoms with Crippen LogP contribution in [0.4, 0.5) is 14.5 Å². The number of carbonyl (C=O) groups is 2. The summed E-state index contributed by atoms with van der Waals surface area (Å²) < 4.78 is 42.4. The molecule has 10 nitrogen and oxygen atoms in total. The number of aliphatic carboxylic acids is 1. The number of methoxy groups -OCH3 is 1. The number of rotatable bonds is 13. The number of hydrogen-bond donors (Lipinski definition) is 2. The van der Waals surface area contributed by atoms with Crippen molar-refractivity contribution in [3.8, 4) is 5.75 Å². The summed E-state index contributed by atoms with van der Waals surface area (Å²) in [6, 6.07) is 5.93. The maximum atomic E-state index is 13.9. The van der Waals surface area contributed by atoms with Crippen molar-refractivity contribution in [2.24, 2.45) is 5.92 Å². The van der Waals surface area contributed by atoms with Gasteiger partial charge < -0.3 is 29.5 Å². The number of carboxylic acid groups (broad SMARTS) is 1. The van der Waals surface area contributed by atoms with Crippen molar-refractivity contribution in [1.29, 1.82) is 0 Å². The van der Waals surface area contributed by atoms with E-state index in [1.165, 1.54) is 25.3 Å². The molecular weight excluding hydrogens is 526 g/mol. The van der Waals surface area contributed by atoms with Gasteiger partial charge in [0.15, 0.2) is 5.75 Å². The van der Waals surface area contributed by atoms with E-state index in [1.54, 1.807) is 10.9 Å². The van der Waals surface area contributed by atoms with Gasteiger partial charge in [-0.05, 0) is 37.0 Å². The molecule has 1 aromatic carbocycles. The number of piperidine rings is 1. The van der Waals surface area contributed by atoms with E-state index < -0.39 is 29.9 Å². The first-order valence-electron chi connectivity index (χ1n) is 12.2. The van der Waals surface area contributed by atoms with Crippen LogP contribution in [-0.2, 0) is 24.6 Å². The highest BCUT2D eigenvalue weighted by Gasteiger charge is 2.46. The van der Waals surface area contributed by atoms with Gasteiger partial charge in [0.2, 0.25) is 0 Å². The van der Waals surface area contributed by atoms with Crippen molar-refractivity contribution < 1.29 is 37.7 Å². The molecular formula is C25H33ClF2N4O6. The fourth-order valence-corrected chi connectivity index (χ4v) is 4.73. The van der Waals surface area contributed by atoms with Crippen LogP contribution in [0.3, 0.4) is 0 Å². The first-order valence-corrected chi connectivity index (χ1v) is 12.6. The van der Waals surface area contributed by atoms with Gasteiger partial charge >= 0.3 is 12.6 Å². The fraction of sp³-hybridized carbons (Fsp3) is 0.560. The summed E-state index contributed by atoms with van der Waals surface area (Å²) in [5, 5.41) is 17.0. The number of nitrogens with zero attached hydrogens (tertiary/aromatic N) is 3. The van der Waals surface area contributed by atoms with Gasteiger partial charge in [0, 0.05) is 49.7 Å². The van der Waals surface area contributed by atoms with Crippen LogP contribution in [-0.4, -0.2) is 78.4 Å². The second kappa shape index (κ2) is 13.3. The third-order valence-electron chi connectivity index (χ3n) is 6.53. The van der Waals surface area contributed by atoms with Crippen LogP contribution in [0.2, 0.25) is 5.02 Å². The second-order valence-corrected chi connectivity index (χ2v) is 9.88. The quantitative estimate of drug-likeness (QED) is 0.280. The van der Waals surface area contributed by atoms with Crippen molar-refractivity contribution in [2.75, 3.05) is 45.5 Å². The summed E-state index contributed by atoms with van der Waals surface area (Å²) in [6.45, 7) is 1.89. The molecule has 1 atom stereocenters. The molecule has 0 spiro atoms. The van der Waals surface area contributed by atoms with Crippen LogP contribution in [0.25, 0.3) is 0 Å². The van der Waals surface area contributed by atoms with Crippen LogP contribution in [0.5, 0.6) is 5.75 Å². The molecule has 210 valence electrons. The van der Waals surface area contributed by atoms with Gasteiger partial charge in [0.05, 0.1) is 18.2 Å². The Bertz CT molecular complexity index is 1090. The number of anilines is 1. The number of amides is 1. The Kier molecular flexibility index (Phi) is 10.4. The molecule has 0 saturated carbocycles. The number of carboxylic acids is 1. The number of likely N-dealkylation sites (tertiary alicyclic amines) is 1. The molecule has 0 aliphatic carbocycles. The van der Waals surface area contributed by atoms with Gasteiger partial charge in [-0.3, -0.25) is 14.3 Å². The maximum absolute atomic E-state index is 13.9. The lowest BCUT2D eigenvalue weighted by Crippen LogP contribution is -2.55. The lowest BCUT2D eigenvalue weighted by Gasteiger charge is -2.42. The Morgan fingerprint density at radius 1 is 1.24 bits per heavy atom. The van der Waals surface area contributed by atoms with Crippen molar-refractivity contribution in [1.82, 2.24) is 14.7 Å². The van der Waals surface area contributed by atoms with E-state index in [2.05, 4.69) is 15.2 Å². The smallest absolute Gasteiger partial charge is 0.387 e. The van der Waals surface area contributed by atoms with Gasteiger partial charge in [-0.15, -0.1) is 0 Å². The van der Waals surface area contributed by atoms with E-state index >= 15 is 0 Å². The van der Waals surface area contributed by atoms with Gasteiger partial charge in [-0.2, -0.15) is 13.9 Å². The number of hydrogen-bond acceptors (Lipinski definition) is 7. The lowest BCUT2D eigenvalue weighted by molar-refractivity contribution is -0.147. The SMILES string of the molecule is COCOCC(CN1CCC(C(=O)Nc2ccc(Cl)cc2OC(F)F)(n2nccc2C(C)C)CC1)C(=O)O. The molecule has 1 aliphatic heterocycles. The largest absolute Gasteiger partial charge is 0.481 e. The molecule has 2 heterocycles. The number of nitrogens with one attached hydrogen (secondary N) is 1. The molecule has 1 fully saturated rings. The third kappa shape index (κ3) is 7.19. The molecule has 1 aliphatic rings. The first-order chi connectivity index (χ1) is 18.1. The fourth-order valence-electron chi connectivity index (χ4n) is 4.57. The van der Waals surface area contributed by atoms with Crippen LogP contribution in [0.15, 0.2) is 30.5 Å². The summed E-state index contributed by atoms with van der Waals surface area (Å²) in [4.78, 5) is 27.6. The number of aromatic nitrogens is 2. The number of halogens is 3. The van der Waals surface area contributed by atoms with E-state index in [-0.39, 0.29) is 42.3 Å². The summed E-state index contributed by atoms with van der Waals surface area (Å²) >= 11 is 5.95. The highest BCUT2D eigenvalue weighted by molar-refractivity contribution is 6.30. The molecule has 2 aromatic rings. The first kappa shape index (κ1) is 29.8. The Morgan fingerprint density at radius 3 is 2.55 bits per heavy atom. The summed E-state index contributed by atoms with van der Waals surface area (Å²) in [7, 11) is 1.46. The zero-order chi connectivity index (χ0) is 27.9. The van der Waals surface area contributed by atoms with E-state index in [0.717, 1.165) is 5.69 Å². The van der Waals surface area contributed by atoms with Crippen molar-refractivity contribution in [2.45, 2.75) is 44.8 Å². The van der Waals surface area contributed by atoms with Crippen molar-refractivity contribution in [3.05, 3.63) is 41.2 Å². The Balaban J connectivity index is 1.86. The van der Waals surface area contributed by atoms with Crippen LogP contribution < -0.4 is 10.1 Å². The monoisotopic (exact) mass is 558 g/mol. The second-order valence-electron chi connectivity index (χ2n) is 9.44. The van der Waals surface area contributed by atoms with E-state index in [4.69, 9.17) is 21.1 Å². The minimum absolute atomic E-state index is 0.00764.